The average molecular weight is 284 g/mol. The summed E-state index contributed by atoms with van der Waals surface area (Å²) in [6.07, 6.45) is -1.01. The lowest BCUT2D eigenvalue weighted by Crippen LogP contribution is -2.22. The van der Waals surface area contributed by atoms with Crippen LogP contribution in [0.5, 0.6) is 0 Å². The first kappa shape index (κ1) is 14.0. The summed E-state index contributed by atoms with van der Waals surface area (Å²) >= 11 is 1.55. The largest absolute Gasteiger partial charge is 0.387 e. The van der Waals surface area contributed by atoms with Gasteiger partial charge in [0.1, 0.15) is 11.6 Å². The number of hydrogen-bond acceptors (Lipinski definition) is 4. The van der Waals surface area contributed by atoms with Crippen LogP contribution in [0.2, 0.25) is 0 Å². The number of aromatic nitrogens is 1. The van der Waals surface area contributed by atoms with Gasteiger partial charge in [0.15, 0.2) is 0 Å². The molecule has 1 aromatic carbocycles. The van der Waals surface area contributed by atoms with E-state index in [1.54, 1.807) is 11.3 Å². The van der Waals surface area contributed by atoms with Crippen molar-refractivity contribution in [2.24, 2.45) is 0 Å². The van der Waals surface area contributed by atoms with Crippen LogP contribution in [0.25, 0.3) is 0 Å². The molecule has 2 rings (SSSR count). The van der Waals surface area contributed by atoms with Crippen molar-refractivity contribution < 1.29 is 13.9 Å². The summed E-state index contributed by atoms with van der Waals surface area (Å²) in [7, 11) is 0. The molecule has 2 N–H and O–H groups in total. The van der Waals surface area contributed by atoms with Gasteiger partial charge in [0.2, 0.25) is 0 Å². The molecular weight excluding hydrogens is 270 g/mol. The van der Waals surface area contributed by atoms with Crippen LogP contribution < -0.4 is 5.32 Å². The van der Waals surface area contributed by atoms with E-state index in [2.05, 4.69) is 10.3 Å². The van der Waals surface area contributed by atoms with Crippen molar-refractivity contribution in [2.45, 2.75) is 19.6 Å². The lowest BCUT2D eigenvalue weighted by atomic mass is 10.1. The standard InChI is InChI=1S/C13H14F2N2OS/c1-8-17-10(7-19-8)5-16-6-13(18)11-3-2-9(14)4-12(11)15/h2-4,7,13,16,18H,5-6H2,1H3. The highest BCUT2D eigenvalue weighted by Crippen LogP contribution is 2.17. The predicted octanol–water partition coefficient (Wildman–Crippen LogP) is 2.55. The fourth-order valence-electron chi connectivity index (χ4n) is 1.71. The summed E-state index contributed by atoms with van der Waals surface area (Å²) in [5, 5.41) is 15.7. The smallest absolute Gasteiger partial charge is 0.131 e. The monoisotopic (exact) mass is 284 g/mol. The van der Waals surface area contributed by atoms with Crippen molar-refractivity contribution in [3.8, 4) is 0 Å². The second-order valence-electron chi connectivity index (χ2n) is 4.17. The third-order valence-electron chi connectivity index (χ3n) is 2.63. The first-order chi connectivity index (χ1) is 9.06. The van der Waals surface area contributed by atoms with Crippen LogP contribution in [0.15, 0.2) is 23.6 Å². The molecule has 1 unspecified atom stereocenters. The van der Waals surface area contributed by atoms with Crippen molar-refractivity contribution in [3.63, 3.8) is 0 Å². The van der Waals surface area contributed by atoms with Crippen LogP contribution in [0.4, 0.5) is 8.78 Å². The van der Waals surface area contributed by atoms with Crippen molar-refractivity contribution in [3.05, 3.63) is 51.5 Å². The van der Waals surface area contributed by atoms with Crippen molar-refractivity contribution >= 4 is 11.3 Å². The second kappa shape index (κ2) is 6.18. The second-order valence-corrected chi connectivity index (χ2v) is 5.23. The highest BCUT2D eigenvalue weighted by atomic mass is 32.1. The lowest BCUT2D eigenvalue weighted by Gasteiger charge is -2.12. The van der Waals surface area contributed by atoms with E-state index < -0.39 is 17.7 Å². The Morgan fingerprint density at radius 2 is 2.21 bits per heavy atom. The number of benzene rings is 1. The van der Waals surface area contributed by atoms with Gasteiger partial charge >= 0.3 is 0 Å². The summed E-state index contributed by atoms with van der Waals surface area (Å²) in [4.78, 5) is 4.26. The molecule has 0 aliphatic heterocycles. The molecule has 0 aliphatic rings. The van der Waals surface area contributed by atoms with Crippen LogP contribution in [0.3, 0.4) is 0 Å². The van der Waals surface area contributed by atoms with E-state index in [4.69, 9.17) is 0 Å². The van der Waals surface area contributed by atoms with Gasteiger partial charge in [-0.05, 0) is 13.0 Å². The zero-order valence-corrected chi connectivity index (χ0v) is 11.2. The van der Waals surface area contributed by atoms with E-state index in [9.17, 15) is 13.9 Å². The Balaban J connectivity index is 1.88. The number of aliphatic hydroxyl groups excluding tert-OH is 1. The van der Waals surface area contributed by atoms with E-state index in [0.717, 1.165) is 22.8 Å². The summed E-state index contributed by atoms with van der Waals surface area (Å²) < 4.78 is 26.2. The number of thiazole rings is 1. The molecular formula is C13H14F2N2OS. The Bertz CT molecular complexity index is 559. The van der Waals surface area contributed by atoms with Crippen LogP contribution in [-0.2, 0) is 6.54 Å². The molecule has 1 atom stereocenters. The molecule has 6 heteroatoms. The Kier molecular flexibility index (Phi) is 4.57. The Morgan fingerprint density at radius 1 is 1.42 bits per heavy atom. The summed E-state index contributed by atoms with van der Waals surface area (Å²) in [5.41, 5.74) is 0.970. The molecule has 0 aliphatic carbocycles. The molecule has 0 radical (unpaired) electrons. The van der Waals surface area contributed by atoms with Crippen LogP contribution >= 0.6 is 11.3 Å². The minimum atomic E-state index is -1.01. The number of hydrogen-bond donors (Lipinski definition) is 2. The predicted molar refractivity (Wildman–Crippen MR) is 69.9 cm³/mol. The van der Waals surface area contributed by atoms with Gasteiger partial charge in [-0.2, -0.15) is 0 Å². The Hall–Kier alpha value is -1.37. The van der Waals surface area contributed by atoms with Crippen molar-refractivity contribution in [1.82, 2.24) is 10.3 Å². The number of halogens is 2. The van der Waals surface area contributed by atoms with Gasteiger partial charge in [0.05, 0.1) is 16.8 Å². The molecule has 0 saturated carbocycles. The maximum atomic E-state index is 13.4. The fourth-order valence-corrected chi connectivity index (χ4v) is 2.32. The van der Waals surface area contributed by atoms with E-state index in [1.165, 1.54) is 6.07 Å². The third-order valence-corrected chi connectivity index (χ3v) is 3.45. The van der Waals surface area contributed by atoms with Crippen LogP contribution in [-0.4, -0.2) is 16.6 Å². The first-order valence-corrected chi connectivity index (χ1v) is 6.69. The normalized spacial score (nSPS) is 12.6. The molecule has 2 aromatic rings. The van der Waals surface area contributed by atoms with E-state index in [0.29, 0.717) is 6.54 Å². The maximum absolute atomic E-state index is 13.4. The molecule has 1 aromatic heterocycles. The fraction of sp³-hybridized carbons (Fsp3) is 0.308. The summed E-state index contributed by atoms with van der Waals surface area (Å²) in [6.45, 7) is 2.60. The van der Waals surface area contributed by atoms with Gasteiger partial charge in [-0.15, -0.1) is 11.3 Å². The molecule has 0 spiro atoms. The van der Waals surface area contributed by atoms with Crippen LogP contribution in [0, 0.1) is 18.6 Å². The minimum absolute atomic E-state index is 0.0864. The highest BCUT2D eigenvalue weighted by Gasteiger charge is 2.13. The number of nitrogens with zero attached hydrogens (tertiary/aromatic N) is 1. The molecule has 0 bridgehead atoms. The van der Waals surface area contributed by atoms with Crippen molar-refractivity contribution in [1.29, 1.82) is 0 Å². The highest BCUT2D eigenvalue weighted by molar-refractivity contribution is 7.09. The molecule has 0 amide bonds. The quantitative estimate of drug-likeness (QED) is 0.887. The summed E-state index contributed by atoms with van der Waals surface area (Å²) in [5.74, 6) is -1.39. The minimum Gasteiger partial charge on any atom is -0.387 e. The lowest BCUT2D eigenvalue weighted by molar-refractivity contribution is 0.169. The molecule has 102 valence electrons. The molecule has 0 fully saturated rings. The van der Waals surface area contributed by atoms with Crippen molar-refractivity contribution in [2.75, 3.05) is 6.54 Å². The van der Waals surface area contributed by atoms with Gasteiger partial charge in [-0.3, -0.25) is 0 Å². The SMILES string of the molecule is Cc1nc(CNCC(O)c2ccc(F)cc2F)cs1. The molecule has 0 saturated heterocycles. The zero-order chi connectivity index (χ0) is 13.8. The number of aliphatic hydroxyl groups is 1. The van der Waals surface area contributed by atoms with E-state index in [-0.39, 0.29) is 12.1 Å². The van der Waals surface area contributed by atoms with Gasteiger partial charge in [-0.1, -0.05) is 6.07 Å². The maximum Gasteiger partial charge on any atom is 0.131 e. The molecule has 19 heavy (non-hydrogen) atoms. The van der Waals surface area contributed by atoms with E-state index >= 15 is 0 Å². The van der Waals surface area contributed by atoms with E-state index in [1.807, 2.05) is 12.3 Å². The molecule has 1 heterocycles. The Labute approximate surface area is 113 Å². The first-order valence-electron chi connectivity index (χ1n) is 5.81. The topological polar surface area (TPSA) is 45.2 Å². The van der Waals surface area contributed by atoms with Gasteiger partial charge in [-0.25, -0.2) is 13.8 Å². The zero-order valence-electron chi connectivity index (χ0n) is 10.4. The Morgan fingerprint density at radius 3 is 2.84 bits per heavy atom. The van der Waals surface area contributed by atoms with Gasteiger partial charge in [0.25, 0.3) is 0 Å². The number of nitrogens with one attached hydrogen (secondary N) is 1. The number of rotatable bonds is 5. The van der Waals surface area contributed by atoms with Gasteiger partial charge in [0, 0.05) is 30.1 Å². The van der Waals surface area contributed by atoms with Crippen LogP contribution in [0.1, 0.15) is 22.4 Å². The van der Waals surface area contributed by atoms with Gasteiger partial charge < -0.3 is 10.4 Å². The third kappa shape index (κ3) is 3.79. The average Bonchev–Trinajstić information content (AvgIpc) is 2.75. The number of aryl methyl sites for hydroxylation is 1. The molecule has 3 nitrogen and oxygen atoms in total. The summed E-state index contributed by atoms with van der Waals surface area (Å²) in [6, 6.07) is 3.15.